The van der Waals surface area contributed by atoms with Crippen molar-refractivity contribution in [3.05, 3.63) is 60.4 Å². The Hall–Kier alpha value is -3.22. The van der Waals surface area contributed by atoms with Gasteiger partial charge in [-0.1, -0.05) is 25.1 Å². The summed E-state index contributed by atoms with van der Waals surface area (Å²) in [4.78, 5) is 16.5. The van der Waals surface area contributed by atoms with Gasteiger partial charge in [0, 0.05) is 5.56 Å². The van der Waals surface area contributed by atoms with E-state index in [1.165, 1.54) is 24.3 Å². The highest BCUT2D eigenvalue weighted by Gasteiger charge is 2.21. The van der Waals surface area contributed by atoms with E-state index in [4.69, 9.17) is 9.26 Å². The van der Waals surface area contributed by atoms with Crippen LogP contribution in [0.1, 0.15) is 13.3 Å². The Balaban J connectivity index is 1.66. The van der Waals surface area contributed by atoms with Crippen LogP contribution in [-0.4, -0.2) is 22.2 Å². The molecule has 0 aliphatic heterocycles. The van der Waals surface area contributed by atoms with E-state index < -0.39 is 12.0 Å². The zero-order valence-electron chi connectivity index (χ0n) is 13.5. The molecule has 0 spiro atoms. The minimum atomic E-state index is -0.760. The third-order valence-electron chi connectivity index (χ3n) is 3.44. The summed E-state index contributed by atoms with van der Waals surface area (Å²) in [6.07, 6.45) is -0.337. The first kappa shape index (κ1) is 16.6. The van der Waals surface area contributed by atoms with Crippen LogP contribution in [0.15, 0.2) is 59.1 Å². The Labute approximate surface area is 143 Å². The second kappa shape index (κ2) is 7.57. The fourth-order valence-electron chi connectivity index (χ4n) is 2.16. The van der Waals surface area contributed by atoms with E-state index in [9.17, 15) is 9.18 Å². The molecule has 7 heteroatoms. The SMILES string of the molecule is CC[C@H](Oc1ccc(F)cc1)C(=O)Nc1noc(-c2ccccc2)n1. The number of nitrogens with one attached hydrogen (secondary N) is 1. The molecule has 0 aliphatic carbocycles. The van der Waals surface area contributed by atoms with Gasteiger partial charge in [0.05, 0.1) is 0 Å². The lowest BCUT2D eigenvalue weighted by atomic mass is 10.2. The van der Waals surface area contributed by atoms with Gasteiger partial charge >= 0.3 is 0 Å². The first-order valence-electron chi connectivity index (χ1n) is 7.78. The first-order valence-corrected chi connectivity index (χ1v) is 7.78. The van der Waals surface area contributed by atoms with Crippen molar-refractivity contribution >= 4 is 11.9 Å². The number of hydrogen-bond acceptors (Lipinski definition) is 5. The van der Waals surface area contributed by atoms with Crippen molar-refractivity contribution in [2.24, 2.45) is 0 Å². The van der Waals surface area contributed by atoms with Crippen molar-refractivity contribution in [2.75, 3.05) is 5.32 Å². The number of anilines is 1. The standard InChI is InChI=1S/C18H16FN3O3/c1-2-15(24-14-10-8-13(19)9-11-14)16(23)20-18-21-17(25-22-18)12-6-4-3-5-7-12/h3-11,15H,2H2,1H3,(H,20,22,23)/t15-/m0/s1. The lowest BCUT2D eigenvalue weighted by Gasteiger charge is -2.15. The summed E-state index contributed by atoms with van der Waals surface area (Å²) in [7, 11) is 0. The molecule has 3 aromatic rings. The molecule has 2 aromatic carbocycles. The molecule has 0 bridgehead atoms. The van der Waals surface area contributed by atoms with Crippen LogP contribution in [0.3, 0.4) is 0 Å². The van der Waals surface area contributed by atoms with Crippen LogP contribution in [0, 0.1) is 5.82 Å². The number of hydrogen-bond donors (Lipinski definition) is 1. The summed E-state index contributed by atoms with van der Waals surface area (Å²) in [6, 6.07) is 14.7. The number of carbonyl (C=O) groups is 1. The molecular weight excluding hydrogens is 325 g/mol. The van der Waals surface area contributed by atoms with Crippen molar-refractivity contribution in [3.8, 4) is 17.2 Å². The van der Waals surface area contributed by atoms with Crippen LogP contribution in [-0.2, 0) is 4.79 Å². The molecule has 1 aromatic heterocycles. The predicted octanol–water partition coefficient (Wildman–Crippen LogP) is 3.67. The van der Waals surface area contributed by atoms with E-state index >= 15 is 0 Å². The van der Waals surface area contributed by atoms with Crippen LogP contribution in [0.25, 0.3) is 11.5 Å². The molecule has 128 valence electrons. The van der Waals surface area contributed by atoms with Gasteiger partial charge in [0.1, 0.15) is 11.6 Å². The fraction of sp³-hybridized carbons (Fsp3) is 0.167. The number of benzene rings is 2. The Kier molecular flexibility index (Phi) is 5.03. The van der Waals surface area contributed by atoms with Gasteiger partial charge in [-0.05, 0) is 48.0 Å². The van der Waals surface area contributed by atoms with Gasteiger partial charge in [-0.3, -0.25) is 10.1 Å². The molecule has 0 unspecified atom stereocenters. The van der Waals surface area contributed by atoms with Crippen molar-refractivity contribution in [2.45, 2.75) is 19.4 Å². The second-order valence-electron chi connectivity index (χ2n) is 5.25. The maximum absolute atomic E-state index is 12.9. The lowest BCUT2D eigenvalue weighted by Crippen LogP contribution is -2.32. The molecule has 0 aliphatic rings. The molecule has 0 radical (unpaired) electrons. The quantitative estimate of drug-likeness (QED) is 0.740. The van der Waals surface area contributed by atoms with E-state index in [-0.39, 0.29) is 11.8 Å². The molecule has 3 rings (SSSR count). The van der Waals surface area contributed by atoms with Gasteiger partial charge in [0.2, 0.25) is 0 Å². The molecule has 1 heterocycles. The molecule has 1 atom stereocenters. The molecule has 6 nitrogen and oxygen atoms in total. The number of amides is 1. The summed E-state index contributed by atoms with van der Waals surface area (Å²) in [5, 5.41) is 6.31. The number of aromatic nitrogens is 2. The fourth-order valence-corrected chi connectivity index (χ4v) is 2.16. The molecule has 1 amide bonds. The van der Waals surface area contributed by atoms with Crippen molar-refractivity contribution in [1.29, 1.82) is 0 Å². The molecule has 25 heavy (non-hydrogen) atoms. The average molecular weight is 341 g/mol. The number of carbonyl (C=O) groups excluding carboxylic acids is 1. The van der Waals surface area contributed by atoms with Crippen LogP contribution in [0.4, 0.5) is 10.3 Å². The highest BCUT2D eigenvalue weighted by molar-refractivity contribution is 5.92. The normalized spacial score (nSPS) is 11.8. The zero-order valence-corrected chi connectivity index (χ0v) is 13.5. The Morgan fingerprint density at radius 1 is 1.20 bits per heavy atom. The zero-order chi connectivity index (χ0) is 17.6. The molecular formula is C18H16FN3O3. The van der Waals surface area contributed by atoms with E-state index in [0.717, 1.165) is 5.56 Å². The van der Waals surface area contributed by atoms with Crippen LogP contribution >= 0.6 is 0 Å². The van der Waals surface area contributed by atoms with Crippen LogP contribution in [0.2, 0.25) is 0 Å². The molecule has 0 saturated heterocycles. The van der Waals surface area contributed by atoms with Crippen molar-refractivity contribution in [1.82, 2.24) is 10.1 Å². The smallest absolute Gasteiger partial charge is 0.270 e. The third kappa shape index (κ3) is 4.20. The van der Waals surface area contributed by atoms with E-state index in [1.54, 1.807) is 6.92 Å². The Morgan fingerprint density at radius 3 is 2.60 bits per heavy atom. The highest BCUT2D eigenvalue weighted by atomic mass is 19.1. The second-order valence-corrected chi connectivity index (χ2v) is 5.25. The van der Waals surface area contributed by atoms with Gasteiger partial charge in [-0.2, -0.15) is 4.98 Å². The average Bonchev–Trinajstić information content (AvgIpc) is 3.10. The van der Waals surface area contributed by atoms with E-state index in [0.29, 0.717) is 18.1 Å². The summed E-state index contributed by atoms with van der Waals surface area (Å²) >= 11 is 0. The number of ether oxygens (including phenoxy) is 1. The maximum Gasteiger partial charge on any atom is 0.270 e. The minimum absolute atomic E-state index is 0.0602. The highest BCUT2D eigenvalue weighted by Crippen LogP contribution is 2.19. The van der Waals surface area contributed by atoms with Gasteiger partial charge < -0.3 is 9.26 Å². The van der Waals surface area contributed by atoms with Gasteiger partial charge in [-0.25, -0.2) is 4.39 Å². The predicted molar refractivity (Wildman–Crippen MR) is 89.5 cm³/mol. The molecule has 0 fully saturated rings. The third-order valence-corrected chi connectivity index (χ3v) is 3.44. The molecule has 1 N–H and O–H groups in total. The van der Waals surface area contributed by atoms with Crippen LogP contribution in [0.5, 0.6) is 5.75 Å². The lowest BCUT2D eigenvalue weighted by molar-refractivity contribution is -0.122. The monoisotopic (exact) mass is 341 g/mol. The van der Waals surface area contributed by atoms with Gasteiger partial charge in [0.15, 0.2) is 6.10 Å². The van der Waals surface area contributed by atoms with Crippen LogP contribution < -0.4 is 10.1 Å². The Morgan fingerprint density at radius 2 is 1.92 bits per heavy atom. The van der Waals surface area contributed by atoms with Gasteiger partial charge in [0.25, 0.3) is 17.7 Å². The summed E-state index contributed by atoms with van der Waals surface area (Å²) in [6.45, 7) is 1.80. The van der Waals surface area contributed by atoms with Crippen molar-refractivity contribution in [3.63, 3.8) is 0 Å². The number of nitrogens with zero attached hydrogens (tertiary/aromatic N) is 2. The Bertz CT molecular complexity index is 834. The summed E-state index contributed by atoms with van der Waals surface area (Å²) < 4.78 is 23.6. The van der Waals surface area contributed by atoms with Crippen molar-refractivity contribution < 1.29 is 18.4 Å². The van der Waals surface area contributed by atoms with E-state index in [2.05, 4.69) is 15.5 Å². The molecule has 0 saturated carbocycles. The largest absolute Gasteiger partial charge is 0.481 e. The van der Waals surface area contributed by atoms with Gasteiger partial charge in [-0.15, -0.1) is 0 Å². The summed E-state index contributed by atoms with van der Waals surface area (Å²) in [5.74, 6) is -0.00720. The maximum atomic E-state index is 12.9. The summed E-state index contributed by atoms with van der Waals surface area (Å²) in [5.41, 5.74) is 0.755. The topological polar surface area (TPSA) is 77.2 Å². The van der Waals surface area contributed by atoms with E-state index in [1.807, 2.05) is 30.3 Å². The first-order chi connectivity index (χ1) is 12.2. The number of rotatable bonds is 6. The minimum Gasteiger partial charge on any atom is -0.481 e. The number of halogens is 1.